The third-order valence-electron chi connectivity index (χ3n) is 4.82. The fourth-order valence-corrected chi connectivity index (χ4v) is 3.67. The van der Waals surface area contributed by atoms with Crippen LogP contribution in [0.5, 0.6) is 0 Å². The monoisotopic (exact) mass is 321 g/mol. The second-order valence-corrected chi connectivity index (χ2v) is 5.95. The van der Waals surface area contributed by atoms with E-state index in [2.05, 4.69) is 6.07 Å². The molecule has 24 heavy (non-hydrogen) atoms. The molecule has 3 amide bonds. The molecule has 0 spiro atoms. The molecule has 2 aromatic rings. The van der Waals surface area contributed by atoms with E-state index in [1.165, 1.54) is 4.90 Å². The van der Waals surface area contributed by atoms with Crippen molar-refractivity contribution in [1.29, 1.82) is 5.26 Å². The maximum absolute atomic E-state index is 12.9. The largest absolute Gasteiger partial charge is 0.379 e. The SMILES string of the molecule is CO[C@@H]1CCN2C(=O)N(c3ccc(C#N)c4ccccc34)C(=O)[C@H]12. The standard InChI is InChI=1S/C18H15N3O3/c1-24-15-8-9-20-16(15)17(22)21(18(20)23)14-7-6-11(10-19)12-4-2-3-5-13(12)14/h2-7,15-16H,8-9H2,1H3/t15-,16+/m1/s1. The van der Waals surface area contributed by atoms with Gasteiger partial charge in [-0.05, 0) is 18.6 Å². The third-order valence-corrected chi connectivity index (χ3v) is 4.82. The molecule has 6 heteroatoms. The average Bonchev–Trinajstić information content (AvgIpc) is 3.14. The summed E-state index contributed by atoms with van der Waals surface area (Å²) in [5.74, 6) is -0.265. The van der Waals surface area contributed by atoms with Gasteiger partial charge in [0.1, 0.15) is 6.04 Å². The van der Waals surface area contributed by atoms with E-state index < -0.39 is 6.04 Å². The molecule has 2 saturated heterocycles. The first-order valence-electron chi connectivity index (χ1n) is 7.76. The van der Waals surface area contributed by atoms with Crippen LogP contribution in [0.1, 0.15) is 12.0 Å². The van der Waals surface area contributed by atoms with Crippen LogP contribution < -0.4 is 4.90 Å². The lowest BCUT2D eigenvalue weighted by Gasteiger charge is -2.18. The Balaban J connectivity index is 1.86. The lowest BCUT2D eigenvalue weighted by molar-refractivity contribution is -0.121. The van der Waals surface area contributed by atoms with Crippen LogP contribution in [0.15, 0.2) is 36.4 Å². The maximum atomic E-state index is 12.9. The molecule has 0 bridgehead atoms. The van der Waals surface area contributed by atoms with Crippen LogP contribution in [0.4, 0.5) is 10.5 Å². The molecule has 0 N–H and O–H groups in total. The number of nitrogens with zero attached hydrogens (tertiary/aromatic N) is 3. The second kappa shape index (κ2) is 5.32. The molecular formula is C18H15N3O3. The minimum absolute atomic E-state index is 0.265. The van der Waals surface area contributed by atoms with Gasteiger partial charge in [0.25, 0.3) is 5.91 Å². The Morgan fingerprint density at radius 2 is 1.92 bits per heavy atom. The number of carbonyl (C=O) groups is 2. The number of carbonyl (C=O) groups excluding carboxylic acids is 2. The van der Waals surface area contributed by atoms with E-state index >= 15 is 0 Å². The number of amides is 3. The van der Waals surface area contributed by atoms with Gasteiger partial charge in [-0.25, -0.2) is 9.69 Å². The van der Waals surface area contributed by atoms with Crippen LogP contribution in [0, 0.1) is 11.3 Å². The molecule has 4 rings (SSSR count). The lowest BCUT2D eigenvalue weighted by atomic mass is 10.0. The molecule has 120 valence electrons. The van der Waals surface area contributed by atoms with Gasteiger partial charge >= 0.3 is 6.03 Å². The van der Waals surface area contributed by atoms with Gasteiger partial charge in [0.05, 0.1) is 23.4 Å². The molecule has 0 saturated carbocycles. The van der Waals surface area contributed by atoms with E-state index in [1.807, 2.05) is 24.3 Å². The van der Waals surface area contributed by atoms with E-state index in [-0.39, 0.29) is 18.0 Å². The number of rotatable bonds is 2. The Hall–Kier alpha value is -2.91. The third kappa shape index (κ3) is 1.85. The van der Waals surface area contributed by atoms with Gasteiger partial charge in [-0.1, -0.05) is 24.3 Å². The highest BCUT2D eigenvalue weighted by Crippen LogP contribution is 2.36. The van der Waals surface area contributed by atoms with E-state index in [1.54, 1.807) is 24.1 Å². The van der Waals surface area contributed by atoms with Gasteiger partial charge in [0, 0.05) is 24.4 Å². The fraction of sp³-hybridized carbons (Fsp3) is 0.278. The van der Waals surface area contributed by atoms with Crippen LogP contribution in [0.25, 0.3) is 10.8 Å². The number of methoxy groups -OCH3 is 1. The summed E-state index contributed by atoms with van der Waals surface area (Å²) in [6.07, 6.45) is 0.400. The summed E-state index contributed by atoms with van der Waals surface area (Å²) in [6, 6.07) is 11.9. The number of nitriles is 1. The first-order chi connectivity index (χ1) is 11.7. The molecule has 6 nitrogen and oxygen atoms in total. The minimum Gasteiger partial charge on any atom is -0.379 e. The minimum atomic E-state index is -0.558. The van der Waals surface area contributed by atoms with Gasteiger partial charge in [0.15, 0.2) is 0 Å². The zero-order valence-electron chi connectivity index (χ0n) is 13.1. The van der Waals surface area contributed by atoms with Crippen molar-refractivity contribution in [2.75, 3.05) is 18.6 Å². The van der Waals surface area contributed by atoms with Crippen molar-refractivity contribution < 1.29 is 14.3 Å². The predicted molar refractivity (Wildman–Crippen MR) is 87.5 cm³/mol. The Morgan fingerprint density at radius 1 is 1.17 bits per heavy atom. The summed E-state index contributed by atoms with van der Waals surface area (Å²) in [4.78, 5) is 28.4. The highest BCUT2D eigenvalue weighted by molar-refractivity contribution is 6.25. The number of imide groups is 1. The van der Waals surface area contributed by atoms with Crippen LogP contribution in [0.2, 0.25) is 0 Å². The van der Waals surface area contributed by atoms with Gasteiger partial charge in [-0.15, -0.1) is 0 Å². The second-order valence-electron chi connectivity index (χ2n) is 5.95. The molecule has 2 aromatic carbocycles. The first-order valence-corrected chi connectivity index (χ1v) is 7.76. The van der Waals surface area contributed by atoms with Crippen LogP contribution in [0.3, 0.4) is 0 Å². The van der Waals surface area contributed by atoms with Crippen molar-refractivity contribution >= 4 is 28.4 Å². The van der Waals surface area contributed by atoms with Crippen LogP contribution >= 0.6 is 0 Å². The molecular weight excluding hydrogens is 306 g/mol. The van der Waals surface area contributed by atoms with Crippen molar-refractivity contribution in [3.63, 3.8) is 0 Å². The van der Waals surface area contributed by atoms with E-state index in [4.69, 9.17) is 4.74 Å². The normalized spacial score (nSPS) is 23.0. The average molecular weight is 321 g/mol. The summed E-state index contributed by atoms with van der Waals surface area (Å²) >= 11 is 0. The molecule has 2 atom stereocenters. The fourth-order valence-electron chi connectivity index (χ4n) is 3.67. The number of fused-ring (bicyclic) bond motifs is 2. The number of anilines is 1. The number of hydrogen-bond acceptors (Lipinski definition) is 4. The molecule has 0 aromatic heterocycles. The Labute approximate surface area is 138 Å². The number of ether oxygens (including phenoxy) is 1. The van der Waals surface area contributed by atoms with E-state index in [9.17, 15) is 14.9 Å². The highest BCUT2D eigenvalue weighted by Gasteiger charge is 2.53. The maximum Gasteiger partial charge on any atom is 0.332 e. The Bertz CT molecular complexity index is 902. The lowest BCUT2D eigenvalue weighted by Crippen LogP contribution is -2.37. The van der Waals surface area contributed by atoms with Crippen molar-refractivity contribution in [3.05, 3.63) is 42.0 Å². The van der Waals surface area contributed by atoms with Crippen molar-refractivity contribution in [2.45, 2.75) is 18.6 Å². The molecule has 0 radical (unpaired) electrons. The predicted octanol–water partition coefficient (Wildman–Crippen LogP) is 2.27. The van der Waals surface area contributed by atoms with Gasteiger partial charge in [-0.3, -0.25) is 4.79 Å². The van der Waals surface area contributed by atoms with Crippen molar-refractivity contribution in [1.82, 2.24) is 4.90 Å². The molecule has 2 aliphatic rings. The Kier molecular flexibility index (Phi) is 3.25. The zero-order chi connectivity index (χ0) is 16.8. The number of benzene rings is 2. The van der Waals surface area contributed by atoms with Crippen LogP contribution in [-0.2, 0) is 9.53 Å². The zero-order valence-corrected chi connectivity index (χ0v) is 13.1. The van der Waals surface area contributed by atoms with Crippen molar-refractivity contribution in [3.8, 4) is 6.07 Å². The molecule has 2 fully saturated rings. The van der Waals surface area contributed by atoms with Gasteiger partial charge in [0.2, 0.25) is 0 Å². The molecule has 0 aliphatic carbocycles. The Morgan fingerprint density at radius 3 is 2.62 bits per heavy atom. The summed E-state index contributed by atoms with van der Waals surface area (Å²) in [5, 5.41) is 10.7. The van der Waals surface area contributed by atoms with Crippen molar-refractivity contribution in [2.24, 2.45) is 0 Å². The summed E-state index contributed by atoms with van der Waals surface area (Å²) in [6.45, 7) is 0.512. The highest BCUT2D eigenvalue weighted by atomic mass is 16.5. The quantitative estimate of drug-likeness (QED) is 0.795. The first kappa shape index (κ1) is 14.7. The number of urea groups is 1. The smallest absolute Gasteiger partial charge is 0.332 e. The summed E-state index contributed by atoms with van der Waals surface area (Å²) in [5.41, 5.74) is 1.03. The number of hydrogen-bond donors (Lipinski definition) is 0. The van der Waals surface area contributed by atoms with Crippen LogP contribution in [-0.4, -0.2) is 42.6 Å². The van der Waals surface area contributed by atoms with Gasteiger partial charge in [-0.2, -0.15) is 5.26 Å². The molecule has 2 heterocycles. The topological polar surface area (TPSA) is 73.6 Å². The molecule has 2 aliphatic heterocycles. The summed E-state index contributed by atoms with van der Waals surface area (Å²) < 4.78 is 5.37. The molecule has 0 unspecified atom stereocenters. The van der Waals surface area contributed by atoms with E-state index in [0.717, 1.165) is 5.39 Å². The van der Waals surface area contributed by atoms with E-state index in [0.29, 0.717) is 29.6 Å². The van der Waals surface area contributed by atoms with Gasteiger partial charge < -0.3 is 9.64 Å². The summed E-state index contributed by atoms with van der Waals surface area (Å²) in [7, 11) is 1.56.